The maximum absolute atomic E-state index is 13.3. The Hall–Kier alpha value is -3.40. The third-order valence-electron chi connectivity index (χ3n) is 9.01. The molecule has 1 unspecified atom stereocenters. The molecule has 3 aromatic carbocycles. The zero-order valence-corrected chi connectivity index (χ0v) is 24.1. The second-order valence-electron chi connectivity index (χ2n) is 12.7. The first-order chi connectivity index (χ1) is 17.7. The Morgan fingerprint density at radius 3 is 1.71 bits per heavy atom. The summed E-state index contributed by atoms with van der Waals surface area (Å²) in [6.07, 6.45) is 2.06. The third-order valence-corrected chi connectivity index (χ3v) is 9.01. The van der Waals surface area contributed by atoms with E-state index >= 15 is 0 Å². The van der Waals surface area contributed by atoms with Crippen LogP contribution in [0, 0.1) is 27.7 Å². The summed E-state index contributed by atoms with van der Waals surface area (Å²) in [6, 6.07) is 13.4. The van der Waals surface area contributed by atoms with Crippen molar-refractivity contribution in [2.75, 3.05) is 7.11 Å². The van der Waals surface area contributed by atoms with E-state index in [-0.39, 0.29) is 16.2 Å². The maximum atomic E-state index is 13.3. The summed E-state index contributed by atoms with van der Waals surface area (Å²) in [4.78, 5) is 25.0. The molecule has 4 heteroatoms. The van der Waals surface area contributed by atoms with E-state index in [4.69, 9.17) is 9.47 Å². The number of hydrogen-bond donors (Lipinski definition) is 0. The largest absolute Gasteiger partial charge is 0.465 e. The van der Waals surface area contributed by atoms with Crippen molar-refractivity contribution in [1.82, 2.24) is 0 Å². The summed E-state index contributed by atoms with van der Waals surface area (Å²) >= 11 is 0. The van der Waals surface area contributed by atoms with Gasteiger partial charge in [0, 0.05) is 5.41 Å². The Morgan fingerprint density at radius 2 is 1.16 bits per heavy atom. The van der Waals surface area contributed by atoms with Crippen LogP contribution in [0.15, 0.2) is 42.5 Å². The van der Waals surface area contributed by atoms with Crippen LogP contribution in [0.5, 0.6) is 5.75 Å². The Morgan fingerprint density at radius 1 is 0.684 bits per heavy atom. The highest BCUT2D eigenvalue weighted by atomic mass is 16.5. The molecule has 0 fully saturated rings. The van der Waals surface area contributed by atoms with E-state index in [1.807, 2.05) is 6.92 Å². The monoisotopic (exact) mass is 510 g/mol. The van der Waals surface area contributed by atoms with Gasteiger partial charge in [0.05, 0.1) is 18.2 Å². The zero-order chi connectivity index (χ0) is 27.8. The van der Waals surface area contributed by atoms with Gasteiger partial charge in [0.15, 0.2) is 0 Å². The van der Waals surface area contributed by atoms with Crippen molar-refractivity contribution in [1.29, 1.82) is 0 Å². The van der Waals surface area contributed by atoms with Crippen LogP contribution in [-0.2, 0) is 21.0 Å². The molecule has 4 nitrogen and oxygen atoms in total. The highest BCUT2D eigenvalue weighted by molar-refractivity contribution is 5.94. The first-order valence-electron chi connectivity index (χ1n) is 13.4. The van der Waals surface area contributed by atoms with Crippen molar-refractivity contribution in [2.24, 2.45) is 0 Å². The molecule has 1 atom stereocenters. The number of esters is 2. The summed E-state index contributed by atoms with van der Waals surface area (Å²) in [5, 5.41) is 0. The Labute approximate surface area is 226 Å². The number of ether oxygens (including phenoxy) is 2. The van der Waals surface area contributed by atoms with E-state index in [0.29, 0.717) is 16.9 Å². The van der Waals surface area contributed by atoms with E-state index < -0.39 is 11.9 Å². The number of carbonyl (C=O) groups is 2. The molecule has 0 saturated heterocycles. The normalized spacial score (nSPS) is 20.2. The molecule has 3 aromatic rings. The Bertz CT molecular complexity index is 1490. The number of hydrogen-bond acceptors (Lipinski definition) is 4. The fourth-order valence-corrected chi connectivity index (χ4v) is 7.32. The summed E-state index contributed by atoms with van der Waals surface area (Å²) in [6.45, 7) is 18.0. The highest BCUT2D eigenvalue weighted by Gasteiger charge is 2.57. The van der Waals surface area contributed by atoms with Crippen molar-refractivity contribution < 1.29 is 19.1 Å². The first kappa shape index (κ1) is 26.2. The molecule has 0 amide bonds. The predicted octanol–water partition coefficient (Wildman–Crippen LogP) is 7.57. The van der Waals surface area contributed by atoms with Crippen molar-refractivity contribution in [3.05, 3.63) is 98.1 Å². The summed E-state index contributed by atoms with van der Waals surface area (Å²) < 4.78 is 10.9. The van der Waals surface area contributed by atoms with Gasteiger partial charge < -0.3 is 9.47 Å². The second kappa shape index (κ2) is 8.56. The molecule has 0 saturated carbocycles. The van der Waals surface area contributed by atoms with Gasteiger partial charge in [-0.15, -0.1) is 0 Å². The van der Waals surface area contributed by atoms with Crippen LogP contribution in [0.4, 0.5) is 0 Å². The van der Waals surface area contributed by atoms with E-state index in [1.165, 1.54) is 40.5 Å². The fourth-order valence-electron chi connectivity index (χ4n) is 7.32. The molecule has 0 radical (unpaired) electrons. The van der Waals surface area contributed by atoms with E-state index in [9.17, 15) is 9.59 Å². The number of rotatable bonds is 3. The lowest BCUT2D eigenvalue weighted by Gasteiger charge is -2.32. The molecule has 0 aliphatic heterocycles. The predicted molar refractivity (Wildman–Crippen MR) is 151 cm³/mol. The Balaban J connectivity index is 1.63. The van der Waals surface area contributed by atoms with Crippen LogP contribution in [0.2, 0.25) is 0 Å². The average molecular weight is 511 g/mol. The van der Waals surface area contributed by atoms with Crippen molar-refractivity contribution in [2.45, 2.75) is 84.5 Å². The summed E-state index contributed by atoms with van der Waals surface area (Å²) in [5.41, 5.74) is 10.9. The van der Waals surface area contributed by atoms with E-state index in [0.717, 1.165) is 24.0 Å². The van der Waals surface area contributed by atoms with Gasteiger partial charge in [0.1, 0.15) is 5.75 Å². The number of aryl methyl sites for hydroxylation is 3. The van der Waals surface area contributed by atoms with Crippen LogP contribution in [0.3, 0.4) is 0 Å². The smallest absolute Gasteiger partial charge is 0.343 e. The molecule has 198 valence electrons. The second-order valence-corrected chi connectivity index (χ2v) is 12.7. The minimum absolute atomic E-state index is 0.00636. The molecule has 0 bridgehead atoms. The van der Waals surface area contributed by atoms with Crippen LogP contribution in [0.25, 0.3) is 0 Å². The number of carbonyl (C=O) groups excluding carboxylic acids is 2. The Kier molecular flexibility index (Phi) is 5.90. The molecule has 1 spiro atoms. The number of fused-ring (bicyclic) bond motifs is 4. The highest BCUT2D eigenvalue weighted by Crippen LogP contribution is 2.64. The van der Waals surface area contributed by atoms with E-state index in [2.05, 4.69) is 66.7 Å². The van der Waals surface area contributed by atoms with Gasteiger partial charge >= 0.3 is 11.9 Å². The van der Waals surface area contributed by atoms with Crippen molar-refractivity contribution >= 4 is 11.9 Å². The molecule has 0 N–H and O–H groups in total. The molecule has 2 aliphatic carbocycles. The van der Waals surface area contributed by atoms with Crippen LogP contribution in [-0.4, -0.2) is 19.0 Å². The minimum atomic E-state index is -0.437. The topological polar surface area (TPSA) is 52.6 Å². The standard InChI is InChI=1S/C34H38O4/c1-19-14-25-26(15-20(19)2)34(17-32(25,5)6)18-33(7,8)27-16-21(3)29(22(4)28(27)34)38-31(36)24-12-10-23(11-13-24)30(35)37-9/h10-16H,17-18H2,1-9H3. The summed E-state index contributed by atoms with van der Waals surface area (Å²) in [7, 11) is 1.34. The fraction of sp³-hybridized carbons (Fsp3) is 0.412. The SMILES string of the molecule is COC(=O)c1ccc(C(=O)Oc2c(C)cc3c(c2C)C2(CC(C)(C)c4cc(C)c(C)cc42)CC3(C)C)cc1. The van der Waals surface area contributed by atoms with Gasteiger partial charge in [0.25, 0.3) is 0 Å². The zero-order valence-electron chi connectivity index (χ0n) is 24.1. The van der Waals surface area contributed by atoms with Crippen LogP contribution in [0.1, 0.15) is 106 Å². The molecule has 5 rings (SSSR count). The van der Waals surface area contributed by atoms with Gasteiger partial charge in [-0.1, -0.05) is 45.9 Å². The molecule has 38 heavy (non-hydrogen) atoms. The summed E-state index contributed by atoms with van der Waals surface area (Å²) in [5.74, 6) is -0.233. The van der Waals surface area contributed by atoms with E-state index in [1.54, 1.807) is 24.3 Å². The van der Waals surface area contributed by atoms with Gasteiger partial charge in [-0.25, -0.2) is 9.59 Å². The van der Waals surface area contributed by atoms with Crippen LogP contribution >= 0.6 is 0 Å². The molecular weight excluding hydrogens is 472 g/mol. The van der Waals surface area contributed by atoms with Gasteiger partial charge in [-0.3, -0.25) is 0 Å². The minimum Gasteiger partial charge on any atom is -0.465 e. The molecular formula is C34H38O4. The third kappa shape index (κ3) is 3.80. The molecule has 0 aromatic heterocycles. The van der Waals surface area contributed by atoms with Crippen molar-refractivity contribution in [3.63, 3.8) is 0 Å². The van der Waals surface area contributed by atoms with Gasteiger partial charge in [-0.2, -0.15) is 0 Å². The lowest BCUT2D eigenvalue weighted by molar-refractivity contribution is 0.0599. The van der Waals surface area contributed by atoms with Crippen LogP contribution < -0.4 is 4.74 Å². The maximum Gasteiger partial charge on any atom is 0.343 e. The quantitative estimate of drug-likeness (QED) is 0.269. The number of benzene rings is 3. The molecule has 0 heterocycles. The number of methoxy groups -OCH3 is 1. The van der Waals surface area contributed by atoms with Crippen molar-refractivity contribution in [3.8, 4) is 5.75 Å². The van der Waals surface area contributed by atoms with Gasteiger partial charge in [0.2, 0.25) is 0 Å². The molecule has 2 aliphatic rings. The average Bonchev–Trinajstić information content (AvgIpc) is 3.20. The lowest BCUT2D eigenvalue weighted by Crippen LogP contribution is -2.27. The lowest BCUT2D eigenvalue weighted by atomic mass is 9.71. The first-order valence-corrected chi connectivity index (χ1v) is 13.4. The van der Waals surface area contributed by atoms with Gasteiger partial charge in [-0.05, 0) is 120 Å².